The summed E-state index contributed by atoms with van der Waals surface area (Å²) in [5.41, 5.74) is 3.88. The fourth-order valence-electron chi connectivity index (χ4n) is 2.63. The zero-order valence-electron chi connectivity index (χ0n) is 10.6. The third-order valence-electron chi connectivity index (χ3n) is 3.69. The third-order valence-corrected chi connectivity index (χ3v) is 4.33. The molecule has 0 aromatic heterocycles. The van der Waals surface area contributed by atoms with Crippen LogP contribution in [0.4, 0.5) is 5.69 Å². The van der Waals surface area contributed by atoms with Gasteiger partial charge in [-0.15, -0.1) is 0 Å². The SMILES string of the molecule is Oc1cc2c(cc1Br)CCN(c1ccccc1)CC2. The van der Waals surface area contributed by atoms with E-state index < -0.39 is 0 Å². The Hall–Kier alpha value is -1.48. The molecule has 19 heavy (non-hydrogen) atoms. The Morgan fingerprint density at radius 3 is 2.26 bits per heavy atom. The van der Waals surface area contributed by atoms with Gasteiger partial charge < -0.3 is 10.0 Å². The van der Waals surface area contributed by atoms with E-state index in [1.54, 1.807) is 0 Å². The highest BCUT2D eigenvalue weighted by Crippen LogP contribution is 2.30. The summed E-state index contributed by atoms with van der Waals surface area (Å²) < 4.78 is 0.791. The van der Waals surface area contributed by atoms with Gasteiger partial charge in [-0.05, 0) is 64.2 Å². The van der Waals surface area contributed by atoms with Crippen molar-refractivity contribution in [3.8, 4) is 5.75 Å². The minimum Gasteiger partial charge on any atom is -0.507 e. The molecule has 98 valence electrons. The summed E-state index contributed by atoms with van der Waals surface area (Å²) in [6, 6.07) is 14.5. The predicted octanol–water partition coefficient (Wildman–Crippen LogP) is 3.76. The molecule has 2 nitrogen and oxygen atoms in total. The second-order valence-corrected chi connectivity index (χ2v) is 5.75. The molecule has 1 aliphatic heterocycles. The molecule has 1 N–H and O–H groups in total. The van der Waals surface area contributed by atoms with Crippen LogP contribution in [0.25, 0.3) is 0 Å². The number of fused-ring (bicyclic) bond motifs is 1. The number of rotatable bonds is 1. The van der Waals surface area contributed by atoms with E-state index in [4.69, 9.17) is 0 Å². The van der Waals surface area contributed by atoms with Gasteiger partial charge in [0.25, 0.3) is 0 Å². The Morgan fingerprint density at radius 2 is 1.58 bits per heavy atom. The van der Waals surface area contributed by atoms with Crippen molar-refractivity contribution in [2.45, 2.75) is 12.8 Å². The first-order chi connectivity index (χ1) is 9.24. The van der Waals surface area contributed by atoms with Crippen LogP contribution in [0.1, 0.15) is 11.1 Å². The van der Waals surface area contributed by atoms with Gasteiger partial charge in [0.05, 0.1) is 4.47 Å². The first-order valence-electron chi connectivity index (χ1n) is 6.54. The normalized spacial score (nSPS) is 14.9. The molecule has 0 unspecified atom stereocenters. The molecule has 0 saturated carbocycles. The summed E-state index contributed by atoms with van der Waals surface area (Å²) in [5, 5.41) is 9.79. The number of hydrogen-bond donors (Lipinski definition) is 1. The number of hydrogen-bond acceptors (Lipinski definition) is 2. The lowest BCUT2D eigenvalue weighted by molar-refractivity contribution is 0.471. The molecule has 2 aromatic carbocycles. The van der Waals surface area contributed by atoms with Gasteiger partial charge in [-0.3, -0.25) is 0 Å². The van der Waals surface area contributed by atoms with Gasteiger partial charge in [-0.1, -0.05) is 18.2 Å². The number of phenolic OH excluding ortho intramolecular Hbond substituents is 1. The Kier molecular flexibility index (Phi) is 3.47. The second kappa shape index (κ2) is 5.25. The molecule has 0 spiro atoms. The molecule has 0 saturated heterocycles. The number of para-hydroxylation sites is 1. The molecule has 0 bridgehead atoms. The van der Waals surface area contributed by atoms with Gasteiger partial charge in [0, 0.05) is 18.8 Å². The summed E-state index contributed by atoms with van der Waals surface area (Å²) in [5.74, 6) is 0.340. The van der Waals surface area contributed by atoms with Crippen molar-refractivity contribution >= 4 is 21.6 Å². The topological polar surface area (TPSA) is 23.5 Å². The highest BCUT2D eigenvalue weighted by atomic mass is 79.9. The van der Waals surface area contributed by atoms with E-state index in [1.807, 2.05) is 12.1 Å². The maximum absolute atomic E-state index is 9.79. The van der Waals surface area contributed by atoms with Crippen molar-refractivity contribution < 1.29 is 5.11 Å². The molecule has 0 atom stereocenters. The highest BCUT2D eigenvalue weighted by Gasteiger charge is 2.15. The molecular weight excluding hydrogens is 302 g/mol. The lowest BCUT2D eigenvalue weighted by Crippen LogP contribution is -2.25. The molecule has 3 heteroatoms. The summed E-state index contributed by atoms with van der Waals surface area (Å²) in [6.45, 7) is 2.02. The van der Waals surface area contributed by atoms with Crippen molar-refractivity contribution in [1.29, 1.82) is 0 Å². The number of benzene rings is 2. The van der Waals surface area contributed by atoms with Crippen LogP contribution in [0, 0.1) is 0 Å². The van der Waals surface area contributed by atoms with Crippen molar-refractivity contribution in [2.24, 2.45) is 0 Å². The zero-order chi connectivity index (χ0) is 13.2. The zero-order valence-corrected chi connectivity index (χ0v) is 12.2. The molecular formula is C16H16BrNO. The Labute approximate surface area is 121 Å². The van der Waals surface area contributed by atoms with Gasteiger partial charge in [-0.25, -0.2) is 0 Å². The maximum Gasteiger partial charge on any atom is 0.130 e. The molecule has 1 heterocycles. The quantitative estimate of drug-likeness (QED) is 0.865. The minimum atomic E-state index is 0.340. The van der Waals surface area contributed by atoms with Crippen molar-refractivity contribution in [2.75, 3.05) is 18.0 Å². The van der Waals surface area contributed by atoms with E-state index in [0.29, 0.717) is 5.75 Å². The third kappa shape index (κ3) is 2.61. The van der Waals surface area contributed by atoms with Crippen LogP contribution < -0.4 is 4.90 Å². The van der Waals surface area contributed by atoms with Crippen molar-refractivity contribution in [3.63, 3.8) is 0 Å². The highest BCUT2D eigenvalue weighted by molar-refractivity contribution is 9.10. The van der Waals surface area contributed by atoms with Gasteiger partial charge in [0.15, 0.2) is 0 Å². The number of halogens is 1. The largest absolute Gasteiger partial charge is 0.507 e. The van der Waals surface area contributed by atoms with Gasteiger partial charge in [-0.2, -0.15) is 0 Å². The van der Waals surface area contributed by atoms with E-state index in [-0.39, 0.29) is 0 Å². The Bertz CT molecular complexity index is 550. The summed E-state index contributed by atoms with van der Waals surface area (Å²) in [4.78, 5) is 2.41. The molecule has 3 rings (SSSR count). The van der Waals surface area contributed by atoms with Crippen LogP contribution in [0.5, 0.6) is 5.75 Å². The maximum atomic E-state index is 9.79. The number of nitrogens with zero attached hydrogens (tertiary/aromatic N) is 1. The lowest BCUT2D eigenvalue weighted by Gasteiger charge is -2.22. The van der Waals surface area contributed by atoms with Crippen LogP contribution in [0.2, 0.25) is 0 Å². The predicted molar refractivity (Wildman–Crippen MR) is 81.9 cm³/mol. The number of aromatic hydroxyl groups is 1. The summed E-state index contributed by atoms with van der Waals surface area (Å²) >= 11 is 3.40. The van der Waals surface area contributed by atoms with E-state index in [9.17, 15) is 5.11 Å². The second-order valence-electron chi connectivity index (χ2n) is 4.89. The van der Waals surface area contributed by atoms with Gasteiger partial charge in [0.2, 0.25) is 0 Å². The fourth-order valence-corrected chi connectivity index (χ4v) is 3.02. The van der Waals surface area contributed by atoms with Gasteiger partial charge >= 0.3 is 0 Å². The van der Waals surface area contributed by atoms with Crippen molar-refractivity contribution in [1.82, 2.24) is 0 Å². The van der Waals surface area contributed by atoms with E-state index >= 15 is 0 Å². The number of phenols is 1. The monoisotopic (exact) mass is 317 g/mol. The summed E-state index contributed by atoms with van der Waals surface area (Å²) in [7, 11) is 0. The summed E-state index contributed by atoms with van der Waals surface area (Å²) in [6.07, 6.45) is 1.99. The van der Waals surface area contributed by atoms with Gasteiger partial charge in [0.1, 0.15) is 5.75 Å². The number of anilines is 1. The van der Waals surface area contributed by atoms with Crippen LogP contribution in [-0.4, -0.2) is 18.2 Å². The van der Waals surface area contributed by atoms with Crippen LogP contribution in [0.3, 0.4) is 0 Å². The van der Waals surface area contributed by atoms with E-state index in [0.717, 1.165) is 30.4 Å². The lowest BCUT2D eigenvalue weighted by atomic mass is 10.0. The Morgan fingerprint density at radius 1 is 0.947 bits per heavy atom. The van der Waals surface area contributed by atoms with E-state index in [2.05, 4.69) is 51.2 Å². The van der Waals surface area contributed by atoms with E-state index in [1.165, 1.54) is 16.8 Å². The van der Waals surface area contributed by atoms with Crippen LogP contribution >= 0.6 is 15.9 Å². The standard InChI is InChI=1S/C16H16BrNO/c17-15-10-12-6-8-18(14-4-2-1-3-5-14)9-7-13(12)11-16(15)19/h1-5,10-11,19H,6-9H2. The van der Waals surface area contributed by atoms with Crippen LogP contribution in [0.15, 0.2) is 46.9 Å². The molecule has 1 aliphatic rings. The molecule has 0 radical (unpaired) electrons. The average Bonchev–Trinajstić information content (AvgIpc) is 2.63. The first-order valence-corrected chi connectivity index (χ1v) is 7.33. The molecule has 2 aromatic rings. The molecule has 0 aliphatic carbocycles. The smallest absolute Gasteiger partial charge is 0.130 e. The van der Waals surface area contributed by atoms with Crippen LogP contribution in [-0.2, 0) is 12.8 Å². The Balaban J connectivity index is 1.85. The molecule has 0 fully saturated rings. The molecule has 0 amide bonds. The van der Waals surface area contributed by atoms with Crippen molar-refractivity contribution in [3.05, 3.63) is 58.1 Å². The minimum absolute atomic E-state index is 0.340. The fraction of sp³-hybridized carbons (Fsp3) is 0.250. The first kappa shape index (κ1) is 12.5. The average molecular weight is 318 g/mol.